The summed E-state index contributed by atoms with van der Waals surface area (Å²) in [5.41, 5.74) is -0.136. The number of thioether (sulfide) groups is 1. The zero-order valence-corrected chi connectivity index (χ0v) is 11.1. The van der Waals surface area contributed by atoms with E-state index >= 15 is 0 Å². The van der Waals surface area contributed by atoms with E-state index in [0.29, 0.717) is 11.2 Å². The molecule has 3 atom stereocenters. The van der Waals surface area contributed by atoms with Gasteiger partial charge in [-0.2, -0.15) is 0 Å². The lowest BCUT2D eigenvalue weighted by Gasteiger charge is -2.34. The van der Waals surface area contributed by atoms with Crippen molar-refractivity contribution in [3.8, 4) is 0 Å². The Kier molecular flexibility index (Phi) is 2.91. The molecule has 0 aliphatic carbocycles. The van der Waals surface area contributed by atoms with Crippen LogP contribution < -0.4 is 0 Å². The van der Waals surface area contributed by atoms with E-state index in [2.05, 4.69) is 45.3 Å². The van der Waals surface area contributed by atoms with Gasteiger partial charge < -0.3 is 4.90 Å². The summed E-state index contributed by atoms with van der Waals surface area (Å²) >= 11 is 1.78. The second-order valence-electron chi connectivity index (χ2n) is 5.53. The van der Waals surface area contributed by atoms with E-state index in [1.165, 1.54) is 0 Å². The highest BCUT2D eigenvalue weighted by Crippen LogP contribution is 2.39. The highest BCUT2D eigenvalue weighted by molar-refractivity contribution is 8.03. The fourth-order valence-electron chi connectivity index (χ4n) is 2.21. The average Bonchev–Trinajstić information content (AvgIpc) is 2.59. The Balaban J connectivity index is 2.33. The predicted octanol–water partition coefficient (Wildman–Crippen LogP) is 3.02. The zero-order valence-electron chi connectivity index (χ0n) is 10.3. The van der Waals surface area contributed by atoms with E-state index in [0.717, 1.165) is 0 Å². The van der Waals surface area contributed by atoms with E-state index in [9.17, 15) is 4.79 Å². The summed E-state index contributed by atoms with van der Waals surface area (Å²) in [7, 11) is 0. The largest absolute Gasteiger partial charge is 0.314 e. The molecule has 88 valence electrons. The van der Waals surface area contributed by atoms with E-state index in [4.69, 9.17) is 0 Å². The predicted molar refractivity (Wildman–Crippen MR) is 68.9 cm³/mol. The van der Waals surface area contributed by atoms with Gasteiger partial charge in [0.2, 0.25) is 5.91 Å². The maximum Gasteiger partial charge on any atom is 0.235 e. The number of rotatable bonds is 0. The quantitative estimate of drug-likeness (QED) is 0.645. The standard InChI is InChI=1S/C13H19NOS/c1-9-5-7-14(13(2,3)4)12(15)10-6-8-16-11(9)10/h5-11H,1-4H3/t9-,10+,11+/m0/s1. The Morgan fingerprint density at radius 3 is 2.62 bits per heavy atom. The third-order valence-electron chi connectivity index (χ3n) is 3.18. The van der Waals surface area contributed by atoms with Gasteiger partial charge in [-0.05, 0) is 32.1 Å². The van der Waals surface area contributed by atoms with Crippen molar-refractivity contribution in [3.05, 3.63) is 23.8 Å². The van der Waals surface area contributed by atoms with Gasteiger partial charge in [0.05, 0.1) is 5.92 Å². The molecule has 0 saturated heterocycles. The third-order valence-corrected chi connectivity index (χ3v) is 4.53. The second-order valence-corrected chi connectivity index (χ2v) is 6.62. The lowest BCUT2D eigenvalue weighted by molar-refractivity contribution is -0.134. The molecule has 0 spiro atoms. The molecule has 0 aromatic carbocycles. The van der Waals surface area contributed by atoms with Crippen molar-refractivity contribution in [3.63, 3.8) is 0 Å². The number of carbonyl (C=O) groups is 1. The first kappa shape index (κ1) is 11.8. The molecule has 2 nitrogen and oxygen atoms in total. The first-order valence-corrected chi connectivity index (χ1v) is 6.69. The normalized spacial score (nSPS) is 34.1. The molecule has 0 radical (unpaired) electrons. The van der Waals surface area contributed by atoms with Crippen molar-refractivity contribution in [1.82, 2.24) is 4.90 Å². The monoisotopic (exact) mass is 237 g/mol. The summed E-state index contributed by atoms with van der Waals surface area (Å²) in [6.45, 7) is 8.41. The first-order chi connectivity index (χ1) is 7.41. The number of fused-ring (bicyclic) bond motifs is 1. The molecule has 2 heterocycles. The minimum Gasteiger partial charge on any atom is -0.314 e. The Hall–Kier alpha value is -0.700. The molecule has 0 N–H and O–H groups in total. The summed E-state index contributed by atoms with van der Waals surface area (Å²) in [6.07, 6.45) is 6.19. The molecule has 0 unspecified atom stereocenters. The molecule has 2 aliphatic heterocycles. The average molecular weight is 237 g/mol. The van der Waals surface area contributed by atoms with Crippen LogP contribution in [0.15, 0.2) is 23.8 Å². The lowest BCUT2D eigenvalue weighted by atomic mass is 9.94. The molecule has 0 aromatic heterocycles. The maximum absolute atomic E-state index is 12.4. The number of amides is 1. The van der Waals surface area contributed by atoms with Crippen molar-refractivity contribution < 1.29 is 4.79 Å². The van der Waals surface area contributed by atoms with Crippen molar-refractivity contribution in [1.29, 1.82) is 0 Å². The van der Waals surface area contributed by atoms with Gasteiger partial charge in [0, 0.05) is 17.0 Å². The summed E-state index contributed by atoms with van der Waals surface area (Å²) in [5, 5.41) is 2.46. The Bertz CT molecular complexity index is 353. The van der Waals surface area contributed by atoms with Gasteiger partial charge in [0.15, 0.2) is 0 Å². The van der Waals surface area contributed by atoms with Crippen molar-refractivity contribution in [2.45, 2.75) is 38.5 Å². The Morgan fingerprint density at radius 1 is 1.31 bits per heavy atom. The van der Waals surface area contributed by atoms with Gasteiger partial charge in [-0.3, -0.25) is 4.79 Å². The lowest BCUT2D eigenvalue weighted by Crippen LogP contribution is -2.45. The number of hydrogen-bond donors (Lipinski definition) is 0. The molecule has 1 amide bonds. The van der Waals surface area contributed by atoms with Gasteiger partial charge in [-0.15, -0.1) is 11.8 Å². The molecule has 0 fully saturated rings. The minimum atomic E-state index is -0.136. The highest BCUT2D eigenvalue weighted by Gasteiger charge is 2.39. The van der Waals surface area contributed by atoms with Gasteiger partial charge in [0.1, 0.15) is 0 Å². The second kappa shape index (κ2) is 3.95. The topological polar surface area (TPSA) is 20.3 Å². The van der Waals surface area contributed by atoms with E-state index in [1.54, 1.807) is 11.8 Å². The number of hydrogen-bond acceptors (Lipinski definition) is 2. The molecular weight excluding hydrogens is 218 g/mol. The summed E-state index contributed by atoms with van der Waals surface area (Å²) in [6, 6.07) is 0. The van der Waals surface area contributed by atoms with E-state index in [1.807, 2.05) is 11.1 Å². The first-order valence-electron chi connectivity index (χ1n) is 5.75. The van der Waals surface area contributed by atoms with E-state index in [-0.39, 0.29) is 17.4 Å². The van der Waals surface area contributed by atoms with Crippen molar-refractivity contribution in [2.24, 2.45) is 11.8 Å². The fraction of sp³-hybridized carbons (Fsp3) is 0.615. The van der Waals surface area contributed by atoms with Crippen LogP contribution >= 0.6 is 11.8 Å². The highest BCUT2D eigenvalue weighted by atomic mass is 32.2. The van der Waals surface area contributed by atoms with Crippen LogP contribution in [0.2, 0.25) is 0 Å². The van der Waals surface area contributed by atoms with Gasteiger partial charge in [-0.1, -0.05) is 19.1 Å². The van der Waals surface area contributed by atoms with Crippen LogP contribution in [-0.4, -0.2) is 21.6 Å². The molecule has 2 aliphatic rings. The van der Waals surface area contributed by atoms with Crippen LogP contribution in [-0.2, 0) is 4.79 Å². The molecular formula is C13H19NOS. The Morgan fingerprint density at radius 2 is 2.00 bits per heavy atom. The molecule has 16 heavy (non-hydrogen) atoms. The van der Waals surface area contributed by atoms with Crippen LogP contribution in [0.25, 0.3) is 0 Å². The fourth-order valence-corrected chi connectivity index (χ4v) is 3.36. The Labute approximate surface area is 102 Å². The minimum absolute atomic E-state index is 0.0502. The van der Waals surface area contributed by atoms with Crippen LogP contribution in [0.1, 0.15) is 27.7 Å². The molecule has 0 bridgehead atoms. The molecule has 0 aromatic rings. The van der Waals surface area contributed by atoms with Crippen molar-refractivity contribution >= 4 is 17.7 Å². The summed E-state index contributed by atoms with van der Waals surface area (Å²) < 4.78 is 0. The zero-order chi connectivity index (χ0) is 11.9. The van der Waals surface area contributed by atoms with Crippen LogP contribution in [0.3, 0.4) is 0 Å². The van der Waals surface area contributed by atoms with E-state index < -0.39 is 0 Å². The van der Waals surface area contributed by atoms with Gasteiger partial charge in [-0.25, -0.2) is 0 Å². The van der Waals surface area contributed by atoms with Crippen LogP contribution in [0.5, 0.6) is 0 Å². The smallest absolute Gasteiger partial charge is 0.235 e. The summed E-state index contributed by atoms with van der Waals surface area (Å²) in [4.78, 5) is 14.3. The third kappa shape index (κ3) is 1.93. The number of carbonyl (C=O) groups excluding carboxylic acids is 1. The van der Waals surface area contributed by atoms with Gasteiger partial charge in [0.25, 0.3) is 0 Å². The van der Waals surface area contributed by atoms with Crippen LogP contribution in [0.4, 0.5) is 0 Å². The number of allylic oxidation sites excluding steroid dienone is 1. The molecule has 2 rings (SSSR count). The maximum atomic E-state index is 12.4. The van der Waals surface area contributed by atoms with Gasteiger partial charge >= 0.3 is 0 Å². The van der Waals surface area contributed by atoms with Crippen molar-refractivity contribution in [2.75, 3.05) is 0 Å². The number of nitrogens with zero attached hydrogens (tertiary/aromatic N) is 1. The summed E-state index contributed by atoms with van der Waals surface area (Å²) in [5.74, 6) is 0.731. The van der Waals surface area contributed by atoms with Crippen LogP contribution in [0, 0.1) is 11.8 Å². The molecule has 0 saturated carbocycles. The SMILES string of the molecule is C[C@H]1C=CN(C(C)(C)C)C(=O)[C@@H]2C=CS[C@H]12. The molecule has 3 heteroatoms.